The molecule has 6 amide bonds. The Hall–Kier alpha value is -6.33. The first-order valence-corrected chi connectivity index (χ1v) is 15.7. The van der Waals surface area contributed by atoms with E-state index in [2.05, 4.69) is 31.6 Å². The number of rotatable bonds is 20. The zero-order chi connectivity index (χ0) is 37.5. The van der Waals surface area contributed by atoms with Crippen LogP contribution in [0.2, 0.25) is 0 Å². The minimum atomic E-state index is -1.43. The topological polar surface area (TPSA) is 279 Å². The fourth-order valence-electron chi connectivity index (χ4n) is 4.91. The van der Waals surface area contributed by atoms with Gasteiger partial charge in [0, 0.05) is 42.8 Å². The Morgan fingerprint density at radius 2 is 1.33 bits per heavy atom. The number of hydrogen-bond acceptors (Lipinski definition) is 8. The highest BCUT2D eigenvalue weighted by Crippen LogP contribution is 2.19. The standard InChI is InChI=1S/C33H38FN7O10/c34-20-5-3-4-18(12-20)13-24(39-28(44)17-38-27(43)16-37-26(42)9-11-30(47)48)32(50)41-25(14-19-15-36-22-7-2-1-6-21(19)22)33(51)40-23(31(35)49)8-10-29(45)46/h1-7,12,15,23-25,36H,8-11,13-14,16-17H2,(H2,35,49)(H,37,42)(H,38,43)(H,39,44)(H,40,51)(H,41,50)(H,45,46)(H,47,48). The van der Waals surface area contributed by atoms with Crippen LogP contribution in [0, 0.1) is 5.82 Å². The number of benzene rings is 2. The van der Waals surface area contributed by atoms with E-state index in [0.717, 1.165) is 17.0 Å². The van der Waals surface area contributed by atoms with Crippen LogP contribution in [0.5, 0.6) is 0 Å². The van der Waals surface area contributed by atoms with Gasteiger partial charge in [-0.05, 0) is 35.7 Å². The number of para-hydroxylation sites is 1. The van der Waals surface area contributed by atoms with Gasteiger partial charge in [0.2, 0.25) is 35.4 Å². The van der Waals surface area contributed by atoms with Crippen molar-refractivity contribution in [2.75, 3.05) is 13.1 Å². The number of nitrogens with one attached hydrogen (secondary N) is 6. The number of nitrogens with two attached hydrogens (primary N) is 1. The summed E-state index contributed by atoms with van der Waals surface area (Å²) in [5.41, 5.74) is 7.02. The SMILES string of the molecule is NC(=O)C(CCC(=O)O)NC(=O)C(Cc1c[nH]c2ccccc12)NC(=O)C(Cc1cccc(F)c1)NC(=O)CNC(=O)CNC(=O)CCC(=O)O. The summed E-state index contributed by atoms with van der Waals surface area (Å²) in [6.45, 7) is -1.21. The van der Waals surface area contributed by atoms with Gasteiger partial charge in [-0.25, -0.2) is 4.39 Å². The molecule has 2 aromatic carbocycles. The van der Waals surface area contributed by atoms with Gasteiger partial charge in [-0.1, -0.05) is 30.3 Å². The summed E-state index contributed by atoms with van der Waals surface area (Å²) >= 11 is 0. The highest BCUT2D eigenvalue weighted by molar-refractivity contribution is 5.96. The molecule has 0 saturated carbocycles. The number of amides is 6. The lowest BCUT2D eigenvalue weighted by molar-refractivity contribution is -0.139. The summed E-state index contributed by atoms with van der Waals surface area (Å²) in [5.74, 6) is -8.17. The Morgan fingerprint density at radius 3 is 2.00 bits per heavy atom. The van der Waals surface area contributed by atoms with Gasteiger partial charge in [-0.3, -0.25) is 38.4 Å². The Kier molecular flexibility index (Phi) is 14.6. The molecule has 3 aromatic rings. The van der Waals surface area contributed by atoms with Crippen molar-refractivity contribution < 1.29 is 53.0 Å². The van der Waals surface area contributed by atoms with Crippen LogP contribution in [0.4, 0.5) is 4.39 Å². The number of fused-ring (bicyclic) bond motifs is 1. The van der Waals surface area contributed by atoms with E-state index in [-0.39, 0.29) is 25.7 Å². The van der Waals surface area contributed by atoms with Gasteiger partial charge >= 0.3 is 11.9 Å². The monoisotopic (exact) mass is 711 g/mol. The predicted octanol–water partition coefficient (Wildman–Crippen LogP) is -1.01. The van der Waals surface area contributed by atoms with E-state index in [1.165, 1.54) is 18.2 Å². The van der Waals surface area contributed by atoms with E-state index >= 15 is 0 Å². The van der Waals surface area contributed by atoms with Crippen LogP contribution < -0.4 is 32.3 Å². The van der Waals surface area contributed by atoms with Gasteiger partial charge in [-0.15, -0.1) is 0 Å². The number of aromatic nitrogens is 1. The lowest BCUT2D eigenvalue weighted by atomic mass is 10.0. The molecule has 0 bridgehead atoms. The third kappa shape index (κ3) is 13.2. The van der Waals surface area contributed by atoms with Crippen molar-refractivity contribution in [3.8, 4) is 0 Å². The molecule has 1 aromatic heterocycles. The largest absolute Gasteiger partial charge is 0.481 e. The van der Waals surface area contributed by atoms with E-state index in [1.54, 1.807) is 30.5 Å². The fraction of sp³-hybridized carbons (Fsp3) is 0.333. The Bertz CT molecular complexity index is 1780. The summed E-state index contributed by atoms with van der Waals surface area (Å²) in [4.78, 5) is 101. The predicted molar refractivity (Wildman–Crippen MR) is 177 cm³/mol. The summed E-state index contributed by atoms with van der Waals surface area (Å²) in [5, 5.41) is 30.3. The molecule has 0 aliphatic heterocycles. The van der Waals surface area contributed by atoms with Crippen molar-refractivity contribution in [2.24, 2.45) is 5.73 Å². The van der Waals surface area contributed by atoms with Crippen molar-refractivity contribution in [1.82, 2.24) is 31.6 Å². The average molecular weight is 712 g/mol. The number of primary amides is 1. The molecular weight excluding hydrogens is 673 g/mol. The number of hydrogen-bond donors (Lipinski definition) is 9. The molecule has 3 rings (SSSR count). The molecule has 3 atom stereocenters. The second-order valence-electron chi connectivity index (χ2n) is 11.4. The third-order valence-electron chi connectivity index (χ3n) is 7.48. The van der Waals surface area contributed by atoms with Crippen LogP contribution in [0.1, 0.15) is 36.8 Å². The second-order valence-corrected chi connectivity index (χ2v) is 11.4. The Morgan fingerprint density at radius 1 is 0.706 bits per heavy atom. The van der Waals surface area contributed by atoms with Gasteiger partial charge in [0.05, 0.1) is 19.5 Å². The zero-order valence-electron chi connectivity index (χ0n) is 27.2. The number of carboxylic acid groups (broad SMARTS) is 2. The molecule has 0 radical (unpaired) electrons. The first-order chi connectivity index (χ1) is 24.2. The van der Waals surface area contributed by atoms with Crippen molar-refractivity contribution in [2.45, 2.75) is 56.7 Å². The van der Waals surface area contributed by atoms with E-state index in [1.807, 2.05) is 0 Å². The fourth-order valence-corrected chi connectivity index (χ4v) is 4.91. The number of carbonyl (C=O) groups is 8. The first kappa shape index (κ1) is 39.1. The minimum absolute atomic E-state index is 0.124. The molecular formula is C33H38FN7O10. The maximum atomic E-state index is 14.0. The summed E-state index contributed by atoms with van der Waals surface area (Å²) in [6, 6.07) is 8.12. The van der Waals surface area contributed by atoms with Gasteiger partial charge in [0.15, 0.2) is 0 Å². The molecule has 3 unspecified atom stereocenters. The Labute approximate surface area is 289 Å². The van der Waals surface area contributed by atoms with E-state index in [4.69, 9.17) is 15.9 Å². The van der Waals surface area contributed by atoms with Crippen LogP contribution in [-0.4, -0.2) is 93.8 Å². The van der Waals surface area contributed by atoms with Crippen molar-refractivity contribution in [3.05, 3.63) is 71.7 Å². The number of H-pyrrole nitrogens is 1. The summed E-state index contributed by atoms with van der Waals surface area (Å²) in [6.07, 6.45) is -0.358. The number of carbonyl (C=O) groups excluding carboxylic acids is 6. The highest BCUT2D eigenvalue weighted by Gasteiger charge is 2.30. The maximum absolute atomic E-state index is 14.0. The third-order valence-corrected chi connectivity index (χ3v) is 7.48. The molecule has 0 fully saturated rings. The van der Waals surface area contributed by atoms with Crippen LogP contribution in [0.25, 0.3) is 10.9 Å². The second kappa shape index (κ2) is 19.0. The molecule has 0 saturated heterocycles. The van der Waals surface area contributed by atoms with Gasteiger partial charge in [-0.2, -0.15) is 0 Å². The molecule has 0 aliphatic carbocycles. The van der Waals surface area contributed by atoms with E-state index in [9.17, 15) is 42.7 Å². The molecule has 51 heavy (non-hydrogen) atoms. The quantitative estimate of drug-likeness (QED) is 0.0689. The molecule has 0 spiro atoms. The number of aliphatic carboxylic acids is 2. The zero-order valence-corrected chi connectivity index (χ0v) is 27.2. The van der Waals surface area contributed by atoms with Crippen molar-refractivity contribution in [1.29, 1.82) is 0 Å². The van der Waals surface area contributed by atoms with Crippen molar-refractivity contribution in [3.63, 3.8) is 0 Å². The van der Waals surface area contributed by atoms with Gasteiger partial charge in [0.25, 0.3) is 0 Å². The number of carboxylic acids is 2. The summed E-state index contributed by atoms with van der Waals surface area (Å²) < 4.78 is 14.0. The molecule has 17 nitrogen and oxygen atoms in total. The van der Waals surface area contributed by atoms with E-state index in [0.29, 0.717) is 11.1 Å². The molecule has 272 valence electrons. The smallest absolute Gasteiger partial charge is 0.303 e. The van der Waals surface area contributed by atoms with Gasteiger partial charge < -0.3 is 47.5 Å². The van der Waals surface area contributed by atoms with Gasteiger partial charge in [0.1, 0.15) is 23.9 Å². The maximum Gasteiger partial charge on any atom is 0.303 e. The normalized spacial score (nSPS) is 12.5. The first-order valence-electron chi connectivity index (χ1n) is 15.7. The van der Waals surface area contributed by atoms with Crippen LogP contribution >= 0.6 is 0 Å². The Balaban J connectivity index is 1.79. The average Bonchev–Trinajstić information content (AvgIpc) is 3.48. The summed E-state index contributed by atoms with van der Waals surface area (Å²) in [7, 11) is 0. The highest BCUT2D eigenvalue weighted by atomic mass is 19.1. The lowest BCUT2D eigenvalue weighted by Crippen LogP contribution is -2.58. The minimum Gasteiger partial charge on any atom is -0.481 e. The van der Waals surface area contributed by atoms with Crippen LogP contribution in [0.15, 0.2) is 54.7 Å². The molecule has 18 heteroatoms. The van der Waals surface area contributed by atoms with Crippen LogP contribution in [0.3, 0.4) is 0 Å². The number of aromatic amines is 1. The lowest BCUT2D eigenvalue weighted by Gasteiger charge is -2.25. The van der Waals surface area contributed by atoms with Crippen LogP contribution in [-0.2, 0) is 51.2 Å². The van der Waals surface area contributed by atoms with E-state index < -0.39 is 97.3 Å². The molecule has 1 heterocycles. The molecule has 10 N–H and O–H groups in total. The number of halogens is 1. The van der Waals surface area contributed by atoms with Crippen molar-refractivity contribution >= 4 is 58.3 Å². The molecule has 0 aliphatic rings.